The second kappa shape index (κ2) is 22.0. The molecule has 1 unspecified atom stereocenters. The fraction of sp³-hybridized carbons (Fsp3) is 0.886. The lowest BCUT2D eigenvalue weighted by atomic mass is 9.77. The molecule has 12 heteroatoms. The number of carboxylic acids is 1. The van der Waals surface area contributed by atoms with E-state index in [1.54, 1.807) is 20.8 Å². The summed E-state index contributed by atoms with van der Waals surface area (Å²) in [6.07, 6.45) is 5.31. The van der Waals surface area contributed by atoms with Gasteiger partial charge < -0.3 is 35.8 Å². The van der Waals surface area contributed by atoms with Gasteiger partial charge in [0.15, 0.2) is 5.78 Å². The van der Waals surface area contributed by atoms with Gasteiger partial charge in [-0.2, -0.15) is 0 Å². The van der Waals surface area contributed by atoms with Gasteiger partial charge >= 0.3 is 5.97 Å². The molecule has 328 valence electrons. The van der Waals surface area contributed by atoms with Gasteiger partial charge in [-0.15, -0.1) is 0 Å². The fourth-order valence-corrected chi connectivity index (χ4v) is 6.74. The first kappa shape index (κ1) is 53.4. The molecule has 0 heterocycles. The van der Waals surface area contributed by atoms with E-state index >= 15 is 0 Å². The maximum atomic E-state index is 13.2. The monoisotopic (exact) mass is 797 g/mol. The van der Waals surface area contributed by atoms with Crippen molar-refractivity contribution in [1.29, 1.82) is 0 Å². The van der Waals surface area contributed by atoms with Gasteiger partial charge in [-0.3, -0.25) is 24.0 Å². The number of amides is 3. The Morgan fingerprint density at radius 1 is 0.661 bits per heavy atom. The summed E-state index contributed by atoms with van der Waals surface area (Å²) in [6.45, 7) is 34.3. The van der Waals surface area contributed by atoms with Crippen LogP contribution in [0.2, 0.25) is 0 Å². The van der Waals surface area contributed by atoms with Crippen molar-refractivity contribution in [2.75, 3.05) is 26.3 Å². The van der Waals surface area contributed by atoms with Gasteiger partial charge in [-0.1, -0.05) is 55.4 Å². The van der Waals surface area contributed by atoms with E-state index in [1.807, 2.05) is 76.2 Å². The fourth-order valence-electron chi connectivity index (χ4n) is 6.74. The second-order valence-corrected chi connectivity index (χ2v) is 20.8. The van der Waals surface area contributed by atoms with E-state index in [4.69, 9.17) is 9.47 Å². The summed E-state index contributed by atoms with van der Waals surface area (Å²) in [5.74, 6) is -1.76. The van der Waals surface area contributed by atoms with Gasteiger partial charge in [-0.05, 0) is 114 Å². The topological polar surface area (TPSA) is 172 Å². The molecule has 2 atom stereocenters. The zero-order chi connectivity index (χ0) is 44.0. The van der Waals surface area contributed by atoms with Crippen molar-refractivity contribution < 1.29 is 38.6 Å². The average molecular weight is 797 g/mol. The average Bonchev–Trinajstić information content (AvgIpc) is 3.02. The summed E-state index contributed by atoms with van der Waals surface area (Å²) >= 11 is 0. The molecule has 0 aromatic carbocycles. The predicted molar refractivity (Wildman–Crippen MR) is 225 cm³/mol. The Balaban J connectivity index is 4.64. The standard InChI is InChI=1S/C44H84N4O8/c1-18-39(6,7)34(50)32(47-38(3,4)5)21-19-20-25-45-33(49)22-23-43(14,15)55-27-24-44(16,17)56-28-26-46-36(53)41(10,11)30-42(12,13)48-37(54)40(8,9)29-31(2)35(51)52/h31-32,47H,18-30H2,1-17H3,(H,45,49)(H,46,53)(H,48,54)(H,51,52)/t31?,32-/m0/s1. The number of carboxylic acid groups (broad SMARTS) is 1. The molecule has 0 aromatic heterocycles. The number of aliphatic carboxylic acids is 1. The van der Waals surface area contributed by atoms with Crippen molar-refractivity contribution in [3.63, 3.8) is 0 Å². The Bertz CT molecular complexity index is 1280. The van der Waals surface area contributed by atoms with Crippen LogP contribution in [0.15, 0.2) is 0 Å². The van der Waals surface area contributed by atoms with E-state index in [1.165, 1.54) is 0 Å². The lowest BCUT2D eigenvalue weighted by Gasteiger charge is -2.37. The molecule has 3 amide bonds. The van der Waals surface area contributed by atoms with Crippen LogP contribution < -0.4 is 21.3 Å². The van der Waals surface area contributed by atoms with Crippen molar-refractivity contribution >= 4 is 29.5 Å². The minimum atomic E-state index is -0.939. The van der Waals surface area contributed by atoms with Crippen LogP contribution in [0.25, 0.3) is 0 Å². The van der Waals surface area contributed by atoms with Crippen LogP contribution in [0.3, 0.4) is 0 Å². The number of hydrogen-bond acceptors (Lipinski definition) is 8. The lowest BCUT2D eigenvalue weighted by molar-refractivity contribution is -0.143. The smallest absolute Gasteiger partial charge is 0.306 e. The summed E-state index contributed by atoms with van der Waals surface area (Å²) in [4.78, 5) is 63.4. The van der Waals surface area contributed by atoms with Crippen LogP contribution in [0.1, 0.15) is 175 Å². The maximum Gasteiger partial charge on any atom is 0.306 e. The van der Waals surface area contributed by atoms with E-state index in [-0.39, 0.29) is 46.9 Å². The zero-order valence-corrected chi connectivity index (χ0v) is 38.7. The number of unbranched alkanes of at least 4 members (excludes halogenated alkanes) is 1. The second-order valence-electron chi connectivity index (χ2n) is 20.8. The van der Waals surface area contributed by atoms with E-state index in [9.17, 15) is 29.1 Å². The van der Waals surface area contributed by atoms with Crippen molar-refractivity contribution in [3.05, 3.63) is 0 Å². The number of rotatable bonds is 28. The van der Waals surface area contributed by atoms with Crippen LogP contribution in [0.4, 0.5) is 0 Å². The molecule has 56 heavy (non-hydrogen) atoms. The highest BCUT2D eigenvalue weighted by molar-refractivity contribution is 5.89. The van der Waals surface area contributed by atoms with Gasteiger partial charge in [0, 0.05) is 46.8 Å². The first-order chi connectivity index (χ1) is 25.2. The molecule has 0 aliphatic rings. The molecule has 0 saturated heterocycles. The molecule has 0 aliphatic carbocycles. The molecule has 0 bridgehead atoms. The molecule has 5 N–H and O–H groups in total. The Hall–Kier alpha value is -2.57. The number of ether oxygens (including phenoxy) is 2. The van der Waals surface area contributed by atoms with Crippen LogP contribution in [0, 0.1) is 22.2 Å². The summed E-state index contributed by atoms with van der Waals surface area (Å²) in [6, 6.07) is -0.206. The van der Waals surface area contributed by atoms with E-state index in [0.717, 1.165) is 25.7 Å². The third kappa shape index (κ3) is 21.8. The first-order valence-electron chi connectivity index (χ1n) is 20.9. The normalized spacial score (nSPS) is 14.5. The van der Waals surface area contributed by atoms with Gasteiger partial charge in [0.25, 0.3) is 0 Å². The van der Waals surface area contributed by atoms with Crippen molar-refractivity contribution in [2.24, 2.45) is 22.2 Å². The highest BCUT2D eigenvalue weighted by Gasteiger charge is 2.39. The maximum absolute atomic E-state index is 13.2. The number of ketones is 1. The predicted octanol–water partition coefficient (Wildman–Crippen LogP) is 7.36. The van der Waals surface area contributed by atoms with Gasteiger partial charge in [0.2, 0.25) is 17.7 Å². The molecular formula is C44H84N4O8. The minimum absolute atomic E-state index is 0.0111. The Morgan fingerprint density at radius 2 is 1.21 bits per heavy atom. The Kier molecular flexibility index (Phi) is 21.0. The number of carbonyl (C=O) groups excluding carboxylic acids is 4. The summed E-state index contributed by atoms with van der Waals surface area (Å²) in [5.41, 5.74) is -3.91. The Labute approximate surface area is 340 Å². The number of nitrogens with one attached hydrogen (secondary N) is 4. The van der Waals surface area contributed by atoms with Gasteiger partial charge in [-0.25, -0.2) is 0 Å². The summed E-state index contributed by atoms with van der Waals surface area (Å²) < 4.78 is 12.3. The molecule has 0 saturated carbocycles. The zero-order valence-electron chi connectivity index (χ0n) is 38.7. The summed E-state index contributed by atoms with van der Waals surface area (Å²) in [7, 11) is 0. The molecule has 0 aromatic rings. The highest BCUT2D eigenvalue weighted by atomic mass is 16.5. The van der Waals surface area contributed by atoms with E-state index < -0.39 is 39.5 Å². The highest BCUT2D eigenvalue weighted by Crippen LogP contribution is 2.32. The van der Waals surface area contributed by atoms with E-state index in [2.05, 4.69) is 42.0 Å². The molecule has 12 nitrogen and oxygen atoms in total. The largest absolute Gasteiger partial charge is 0.481 e. The molecule has 0 spiro atoms. The SMILES string of the molecule is CCC(C)(C)C(=O)[C@H](CCCCNC(=O)CCC(C)(C)OCCC(C)(C)OCCNC(=O)C(C)(C)CC(C)(C)NC(=O)C(C)(C)CC(C)C(=O)O)NC(C)(C)C. The third-order valence-corrected chi connectivity index (χ3v) is 10.6. The minimum Gasteiger partial charge on any atom is -0.481 e. The Morgan fingerprint density at radius 3 is 1.75 bits per heavy atom. The molecule has 0 radical (unpaired) electrons. The molecular weight excluding hydrogens is 713 g/mol. The quantitative estimate of drug-likeness (QED) is 0.0508. The number of Topliss-reactive ketones (excluding diaryl/α,β-unsaturated/α-hetero) is 1. The van der Waals surface area contributed by atoms with Crippen LogP contribution in [0.5, 0.6) is 0 Å². The van der Waals surface area contributed by atoms with Crippen LogP contribution in [-0.4, -0.2) is 89.2 Å². The van der Waals surface area contributed by atoms with E-state index in [0.29, 0.717) is 52.0 Å². The van der Waals surface area contributed by atoms with Crippen molar-refractivity contribution in [3.8, 4) is 0 Å². The third-order valence-electron chi connectivity index (χ3n) is 10.6. The summed E-state index contributed by atoms with van der Waals surface area (Å²) in [5, 5.41) is 21.8. The molecule has 0 fully saturated rings. The van der Waals surface area contributed by atoms with Gasteiger partial charge in [0.1, 0.15) is 0 Å². The number of hydrogen-bond donors (Lipinski definition) is 5. The van der Waals surface area contributed by atoms with Gasteiger partial charge in [0.05, 0.1) is 36.4 Å². The van der Waals surface area contributed by atoms with Crippen molar-refractivity contribution in [2.45, 2.75) is 204 Å². The molecule has 0 aliphatic heterocycles. The number of carbonyl (C=O) groups is 5. The van der Waals surface area contributed by atoms with Crippen LogP contribution in [-0.2, 0) is 33.4 Å². The first-order valence-corrected chi connectivity index (χ1v) is 20.9. The molecule has 0 rings (SSSR count). The van der Waals surface area contributed by atoms with Crippen molar-refractivity contribution in [1.82, 2.24) is 21.3 Å². The van der Waals surface area contributed by atoms with Crippen LogP contribution >= 0.6 is 0 Å². The lowest BCUT2D eigenvalue weighted by Crippen LogP contribution is -2.53.